The predicted octanol–water partition coefficient (Wildman–Crippen LogP) is 4.23. The molecule has 1 aliphatic rings. The summed E-state index contributed by atoms with van der Waals surface area (Å²) in [6.07, 6.45) is 2.19. The van der Waals surface area contributed by atoms with Crippen molar-refractivity contribution in [3.63, 3.8) is 0 Å². The van der Waals surface area contributed by atoms with E-state index in [4.69, 9.17) is 0 Å². The molecule has 0 heterocycles. The van der Waals surface area contributed by atoms with Gasteiger partial charge in [0.1, 0.15) is 0 Å². The molecule has 1 atom stereocenters. The van der Waals surface area contributed by atoms with Crippen molar-refractivity contribution in [2.75, 3.05) is 5.32 Å². The summed E-state index contributed by atoms with van der Waals surface area (Å²) in [6, 6.07) is 16.6. The summed E-state index contributed by atoms with van der Waals surface area (Å²) in [5.74, 6) is 0.764. The number of aliphatic hydroxyl groups is 1. The zero-order valence-electron chi connectivity index (χ0n) is 11.8. The highest BCUT2D eigenvalue weighted by molar-refractivity contribution is 5.52. The molecule has 1 fully saturated rings. The summed E-state index contributed by atoms with van der Waals surface area (Å²) in [7, 11) is 0. The molecule has 1 saturated carbocycles. The van der Waals surface area contributed by atoms with Crippen molar-refractivity contribution in [1.82, 2.24) is 0 Å². The van der Waals surface area contributed by atoms with Crippen LogP contribution in [-0.2, 0) is 6.54 Å². The Labute approximate surface area is 120 Å². The predicted molar refractivity (Wildman–Crippen MR) is 82.8 cm³/mol. The Bertz CT molecular complexity index is 542. The van der Waals surface area contributed by atoms with E-state index in [1.165, 1.54) is 24.0 Å². The Hall–Kier alpha value is -1.80. The molecule has 0 radical (unpaired) electrons. The monoisotopic (exact) mass is 267 g/mol. The molecule has 3 rings (SSSR count). The van der Waals surface area contributed by atoms with Gasteiger partial charge in [0.15, 0.2) is 0 Å². The van der Waals surface area contributed by atoms with Gasteiger partial charge < -0.3 is 10.4 Å². The molecule has 0 amide bonds. The number of nitrogens with one attached hydrogen (secondary N) is 1. The first-order valence-corrected chi connectivity index (χ1v) is 7.34. The summed E-state index contributed by atoms with van der Waals surface area (Å²) in [5.41, 5.74) is 4.83. The first kappa shape index (κ1) is 13.2. The number of benzene rings is 2. The second-order valence-electron chi connectivity index (χ2n) is 5.59. The Kier molecular flexibility index (Phi) is 3.75. The molecule has 0 aromatic heterocycles. The van der Waals surface area contributed by atoms with E-state index in [-0.39, 0.29) is 0 Å². The smallest absolute Gasteiger partial charge is 0.0781 e. The normalized spacial score (nSPS) is 15.9. The number of hydrogen-bond acceptors (Lipinski definition) is 2. The molecular formula is C18H21NO. The van der Waals surface area contributed by atoms with Crippen LogP contribution in [0.5, 0.6) is 0 Å². The average molecular weight is 267 g/mol. The first-order chi connectivity index (χ1) is 9.75. The van der Waals surface area contributed by atoms with Gasteiger partial charge in [0.05, 0.1) is 6.10 Å². The average Bonchev–Trinajstić information content (AvgIpc) is 3.30. The van der Waals surface area contributed by atoms with Crippen LogP contribution >= 0.6 is 0 Å². The molecule has 20 heavy (non-hydrogen) atoms. The maximum absolute atomic E-state index is 9.81. The van der Waals surface area contributed by atoms with Gasteiger partial charge in [0, 0.05) is 17.8 Å². The summed E-state index contributed by atoms with van der Waals surface area (Å²) < 4.78 is 0. The number of para-hydroxylation sites is 1. The highest BCUT2D eigenvalue weighted by Gasteiger charge is 2.25. The number of rotatable bonds is 5. The van der Waals surface area contributed by atoms with Crippen molar-refractivity contribution in [3.05, 3.63) is 65.2 Å². The van der Waals surface area contributed by atoms with Crippen molar-refractivity contribution in [3.8, 4) is 0 Å². The lowest BCUT2D eigenvalue weighted by Crippen LogP contribution is -2.05. The van der Waals surface area contributed by atoms with E-state index in [0.29, 0.717) is 0 Å². The van der Waals surface area contributed by atoms with Gasteiger partial charge in [-0.05, 0) is 42.9 Å². The third-order valence-electron chi connectivity index (χ3n) is 3.95. The van der Waals surface area contributed by atoms with Crippen LogP contribution in [0, 0.1) is 0 Å². The van der Waals surface area contributed by atoms with Gasteiger partial charge >= 0.3 is 0 Å². The van der Waals surface area contributed by atoms with E-state index in [9.17, 15) is 5.11 Å². The molecule has 2 aromatic rings. The maximum atomic E-state index is 9.81. The van der Waals surface area contributed by atoms with E-state index in [1.807, 2.05) is 24.3 Å². The molecule has 1 unspecified atom stereocenters. The lowest BCUT2D eigenvalue weighted by Gasteiger charge is -2.15. The van der Waals surface area contributed by atoms with Crippen LogP contribution in [0.4, 0.5) is 5.69 Å². The molecule has 2 nitrogen and oxygen atoms in total. The van der Waals surface area contributed by atoms with Crippen molar-refractivity contribution in [2.24, 2.45) is 0 Å². The lowest BCUT2D eigenvalue weighted by atomic mass is 10.0. The minimum atomic E-state index is -0.447. The summed E-state index contributed by atoms with van der Waals surface area (Å²) in [6.45, 7) is 2.62. The molecule has 0 spiro atoms. The topological polar surface area (TPSA) is 32.3 Å². The number of anilines is 1. The third kappa shape index (κ3) is 2.86. The van der Waals surface area contributed by atoms with Crippen molar-refractivity contribution < 1.29 is 5.11 Å². The molecule has 0 bridgehead atoms. The molecular weight excluding hydrogens is 246 g/mol. The highest BCUT2D eigenvalue weighted by atomic mass is 16.3. The summed E-state index contributed by atoms with van der Waals surface area (Å²) in [5, 5.41) is 13.3. The maximum Gasteiger partial charge on any atom is 0.0781 e. The van der Waals surface area contributed by atoms with E-state index < -0.39 is 6.10 Å². The minimum Gasteiger partial charge on any atom is -0.389 e. The van der Waals surface area contributed by atoms with Crippen LogP contribution in [0.15, 0.2) is 48.5 Å². The van der Waals surface area contributed by atoms with Crippen molar-refractivity contribution in [1.29, 1.82) is 0 Å². The van der Waals surface area contributed by atoms with Crippen LogP contribution in [0.1, 0.15) is 48.5 Å². The standard InChI is InChI=1S/C18H21NO/c1-13(20)16-7-4-5-9-18(16)19-12-15-6-2-3-8-17(15)14-10-11-14/h2-9,13-14,19-20H,10-12H2,1H3. The molecule has 2 aromatic carbocycles. The highest BCUT2D eigenvalue weighted by Crippen LogP contribution is 2.41. The zero-order chi connectivity index (χ0) is 13.9. The quantitative estimate of drug-likeness (QED) is 0.849. The van der Waals surface area contributed by atoms with E-state index in [0.717, 1.165) is 23.7 Å². The Balaban J connectivity index is 1.77. The Morgan fingerprint density at radius 3 is 2.55 bits per heavy atom. The summed E-state index contributed by atoms with van der Waals surface area (Å²) in [4.78, 5) is 0. The third-order valence-corrected chi connectivity index (χ3v) is 3.95. The van der Waals surface area contributed by atoms with Crippen LogP contribution in [0.2, 0.25) is 0 Å². The van der Waals surface area contributed by atoms with Crippen LogP contribution < -0.4 is 5.32 Å². The molecule has 2 heteroatoms. The molecule has 0 aliphatic heterocycles. The number of aliphatic hydroxyl groups excluding tert-OH is 1. The minimum absolute atomic E-state index is 0.447. The molecule has 1 aliphatic carbocycles. The van der Waals surface area contributed by atoms with Crippen LogP contribution in [0.25, 0.3) is 0 Å². The number of hydrogen-bond donors (Lipinski definition) is 2. The second-order valence-corrected chi connectivity index (χ2v) is 5.59. The largest absolute Gasteiger partial charge is 0.389 e. The van der Waals surface area contributed by atoms with Crippen molar-refractivity contribution in [2.45, 2.75) is 38.3 Å². The van der Waals surface area contributed by atoms with Gasteiger partial charge in [0.25, 0.3) is 0 Å². The molecule has 0 saturated heterocycles. The van der Waals surface area contributed by atoms with Gasteiger partial charge in [0.2, 0.25) is 0 Å². The molecule has 2 N–H and O–H groups in total. The molecule has 104 valence electrons. The Morgan fingerprint density at radius 1 is 1.10 bits per heavy atom. The first-order valence-electron chi connectivity index (χ1n) is 7.34. The van der Waals surface area contributed by atoms with E-state index in [1.54, 1.807) is 6.92 Å². The fraction of sp³-hybridized carbons (Fsp3) is 0.333. The van der Waals surface area contributed by atoms with Crippen molar-refractivity contribution >= 4 is 5.69 Å². The lowest BCUT2D eigenvalue weighted by molar-refractivity contribution is 0.200. The van der Waals surface area contributed by atoms with Gasteiger partial charge in [-0.15, -0.1) is 0 Å². The van der Waals surface area contributed by atoms with Gasteiger partial charge in [-0.3, -0.25) is 0 Å². The zero-order valence-corrected chi connectivity index (χ0v) is 11.8. The fourth-order valence-corrected chi connectivity index (χ4v) is 2.70. The Morgan fingerprint density at radius 2 is 1.80 bits per heavy atom. The SMILES string of the molecule is CC(O)c1ccccc1NCc1ccccc1C1CC1. The van der Waals surface area contributed by atoms with Gasteiger partial charge in [-0.2, -0.15) is 0 Å². The second kappa shape index (κ2) is 5.68. The van der Waals surface area contributed by atoms with Gasteiger partial charge in [-0.1, -0.05) is 42.5 Å². The fourth-order valence-electron chi connectivity index (χ4n) is 2.70. The van der Waals surface area contributed by atoms with E-state index >= 15 is 0 Å². The summed E-state index contributed by atoms with van der Waals surface area (Å²) >= 11 is 0. The van der Waals surface area contributed by atoms with Crippen LogP contribution in [0.3, 0.4) is 0 Å². The van der Waals surface area contributed by atoms with Crippen LogP contribution in [-0.4, -0.2) is 5.11 Å². The van der Waals surface area contributed by atoms with E-state index in [2.05, 4.69) is 29.6 Å². The van der Waals surface area contributed by atoms with Gasteiger partial charge in [-0.25, -0.2) is 0 Å².